The quantitative estimate of drug-likeness (QED) is 0.209. The second-order valence-electron chi connectivity index (χ2n) is 7.03. The normalized spacial score (nSPS) is 10.8. The number of hydrogen-bond acceptors (Lipinski definition) is 8. The van der Waals surface area contributed by atoms with Crippen molar-refractivity contribution in [2.24, 2.45) is 14.1 Å². The first-order valence-corrected chi connectivity index (χ1v) is 9.85. The Bertz CT molecular complexity index is 999. The zero-order chi connectivity index (χ0) is 22.8. The van der Waals surface area contributed by atoms with E-state index in [-0.39, 0.29) is 17.9 Å². The SMILES string of the molecule is Cn1c(NCCN(CCCc2ccc([N+](=O)[O-])cc2)CCOC=O)cc(=O)n(C)c1=O. The van der Waals surface area contributed by atoms with Crippen LogP contribution in [-0.4, -0.2) is 58.2 Å². The summed E-state index contributed by atoms with van der Waals surface area (Å²) in [7, 11) is 3.01. The fourth-order valence-electron chi connectivity index (χ4n) is 3.10. The number of anilines is 1. The molecule has 0 aliphatic carbocycles. The van der Waals surface area contributed by atoms with Crippen LogP contribution in [0.4, 0.5) is 11.5 Å². The standard InChI is InChI=1S/C20H27N5O6/c1-22-18(14-19(27)23(2)20(22)28)21-9-11-24(12-13-31-15-26)10-3-4-16-5-7-17(8-6-16)25(29)30/h5-8,14-15,21H,3-4,9-13H2,1-2H3. The van der Waals surface area contributed by atoms with Crippen molar-refractivity contribution >= 4 is 18.0 Å². The Balaban J connectivity index is 1.89. The van der Waals surface area contributed by atoms with Crippen molar-refractivity contribution < 1.29 is 14.5 Å². The molecule has 0 radical (unpaired) electrons. The average molecular weight is 433 g/mol. The Morgan fingerprint density at radius 2 is 1.84 bits per heavy atom. The van der Waals surface area contributed by atoms with Crippen molar-refractivity contribution in [1.29, 1.82) is 0 Å². The summed E-state index contributed by atoms with van der Waals surface area (Å²) < 4.78 is 7.20. The van der Waals surface area contributed by atoms with Crippen molar-refractivity contribution in [2.45, 2.75) is 12.8 Å². The molecule has 2 aromatic rings. The monoisotopic (exact) mass is 433 g/mol. The molecule has 0 fully saturated rings. The van der Waals surface area contributed by atoms with Crippen LogP contribution in [0.25, 0.3) is 0 Å². The van der Waals surface area contributed by atoms with Gasteiger partial charge in [-0.25, -0.2) is 4.79 Å². The van der Waals surface area contributed by atoms with Gasteiger partial charge in [-0.1, -0.05) is 12.1 Å². The summed E-state index contributed by atoms with van der Waals surface area (Å²) in [6.07, 6.45) is 1.56. The Kier molecular flexibility index (Phi) is 8.94. The van der Waals surface area contributed by atoms with Crippen LogP contribution in [0.1, 0.15) is 12.0 Å². The highest BCUT2D eigenvalue weighted by Crippen LogP contribution is 2.13. The number of hydrogen-bond donors (Lipinski definition) is 1. The van der Waals surface area contributed by atoms with Crippen LogP contribution in [0.5, 0.6) is 0 Å². The number of carbonyl (C=O) groups is 1. The van der Waals surface area contributed by atoms with Crippen LogP contribution in [0.15, 0.2) is 39.9 Å². The number of ether oxygens (including phenoxy) is 1. The predicted octanol–water partition coefficient (Wildman–Crippen LogP) is 0.512. The van der Waals surface area contributed by atoms with Crippen molar-refractivity contribution in [3.8, 4) is 0 Å². The third-order valence-corrected chi connectivity index (χ3v) is 4.94. The number of carbonyl (C=O) groups excluding carboxylic acids is 1. The van der Waals surface area contributed by atoms with Gasteiger partial charge in [0, 0.05) is 51.9 Å². The van der Waals surface area contributed by atoms with Gasteiger partial charge in [0.15, 0.2) is 0 Å². The van der Waals surface area contributed by atoms with Crippen LogP contribution >= 0.6 is 0 Å². The molecule has 0 aliphatic heterocycles. The lowest BCUT2D eigenvalue weighted by Crippen LogP contribution is -2.38. The number of nitro benzene ring substituents is 1. The van der Waals surface area contributed by atoms with E-state index in [1.165, 1.54) is 29.8 Å². The number of nitro groups is 1. The lowest BCUT2D eigenvalue weighted by atomic mass is 10.1. The van der Waals surface area contributed by atoms with E-state index in [0.717, 1.165) is 29.5 Å². The third-order valence-electron chi connectivity index (χ3n) is 4.94. The molecule has 168 valence electrons. The molecule has 0 spiro atoms. The molecule has 0 unspecified atom stereocenters. The summed E-state index contributed by atoms with van der Waals surface area (Å²) in [5, 5.41) is 13.8. The molecule has 1 N–H and O–H groups in total. The fraction of sp³-hybridized carbons (Fsp3) is 0.450. The van der Waals surface area contributed by atoms with Crippen molar-refractivity contribution in [2.75, 3.05) is 38.1 Å². The largest absolute Gasteiger partial charge is 0.467 e. The molecule has 1 aromatic heterocycles. The maximum absolute atomic E-state index is 12.0. The van der Waals surface area contributed by atoms with E-state index in [1.807, 2.05) is 0 Å². The van der Waals surface area contributed by atoms with E-state index >= 15 is 0 Å². The Morgan fingerprint density at radius 1 is 1.13 bits per heavy atom. The van der Waals surface area contributed by atoms with Gasteiger partial charge >= 0.3 is 5.69 Å². The average Bonchev–Trinajstić information content (AvgIpc) is 2.76. The molecule has 0 saturated heterocycles. The summed E-state index contributed by atoms with van der Waals surface area (Å²) >= 11 is 0. The van der Waals surface area contributed by atoms with E-state index in [1.54, 1.807) is 19.2 Å². The van der Waals surface area contributed by atoms with Gasteiger partial charge in [-0.05, 0) is 24.9 Å². The third kappa shape index (κ3) is 7.07. The zero-order valence-electron chi connectivity index (χ0n) is 17.7. The number of non-ortho nitro benzene ring substituents is 1. The number of aromatic nitrogens is 2. The zero-order valence-corrected chi connectivity index (χ0v) is 17.7. The minimum absolute atomic E-state index is 0.0626. The van der Waals surface area contributed by atoms with E-state index < -0.39 is 10.6 Å². The Morgan fingerprint density at radius 3 is 2.48 bits per heavy atom. The number of rotatable bonds is 13. The second-order valence-corrected chi connectivity index (χ2v) is 7.03. The lowest BCUT2D eigenvalue weighted by Gasteiger charge is -2.22. The minimum atomic E-state index is -0.427. The van der Waals surface area contributed by atoms with Gasteiger partial charge in [0.2, 0.25) is 0 Å². The molecule has 0 bridgehead atoms. The Labute approximate surface area is 179 Å². The molecule has 2 rings (SSSR count). The number of benzene rings is 1. The van der Waals surface area contributed by atoms with Gasteiger partial charge in [0.1, 0.15) is 12.4 Å². The van der Waals surface area contributed by atoms with Gasteiger partial charge in [-0.2, -0.15) is 0 Å². The summed E-state index contributed by atoms with van der Waals surface area (Å²) in [4.78, 5) is 46.7. The lowest BCUT2D eigenvalue weighted by molar-refractivity contribution is -0.384. The van der Waals surface area contributed by atoms with Gasteiger partial charge in [-0.15, -0.1) is 0 Å². The molecule has 11 heteroatoms. The van der Waals surface area contributed by atoms with Gasteiger partial charge < -0.3 is 10.1 Å². The highest BCUT2D eigenvalue weighted by molar-refractivity contribution is 5.36. The summed E-state index contributed by atoms with van der Waals surface area (Å²) in [6.45, 7) is 3.01. The second kappa shape index (κ2) is 11.6. The van der Waals surface area contributed by atoms with E-state index in [2.05, 4.69) is 10.2 Å². The molecule has 31 heavy (non-hydrogen) atoms. The molecule has 0 amide bonds. The molecule has 11 nitrogen and oxygen atoms in total. The molecule has 1 heterocycles. The first-order valence-electron chi connectivity index (χ1n) is 9.85. The maximum Gasteiger partial charge on any atom is 0.332 e. The summed E-state index contributed by atoms with van der Waals surface area (Å²) in [5.74, 6) is 0.433. The maximum atomic E-state index is 12.0. The fourth-order valence-corrected chi connectivity index (χ4v) is 3.10. The van der Waals surface area contributed by atoms with Crippen LogP contribution < -0.4 is 16.6 Å². The van der Waals surface area contributed by atoms with Crippen LogP contribution in [0, 0.1) is 10.1 Å². The van der Waals surface area contributed by atoms with Crippen LogP contribution in [0.2, 0.25) is 0 Å². The van der Waals surface area contributed by atoms with Crippen molar-refractivity contribution in [3.63, 3.8) is 0 Å². The van der Waals surface area contributed by atoms with Crippen molar-refractivity contribution in [1.82, 2.24) is 14.0 Å². The first-order chi connectivity index (χ1) is 14.8. The smallest absolute Gasteiger partial charge is 0.332 e. The molecule has 0 atom stereocenters. The molecular formula is C20H27N5O6. The highest BCUT2D eigenvalue weighted by atomic mass is 16.6. The summed E-state index contributed by atoms with van der Waals surface area (Å²) in [5.41, 5.74) is 0.273. The first kappa shape index (κ1) is 23.8. The van der Waals surface area contributed by atoms with E-state index in [4.69, 9.17) is 4.74 Å². The van der Waals surface area contributed by atoms with Gasteiger partial charge in [0.05, 0.1) is 4.92 Å². The van der Waals surface area contributed by atoms with E-state index in [9.17, 15) is 24.5 Å². The summed E-state index contributed by atoms with van der Waals surface area (Å²) in [6, 6.07) is 7.84. The highest BCUT2D eigenvalue weighted by Gasteiger charge is 2.09. The Hall–Kier alpha value is -3.47. The molecule has 0 saturated carbocycles. The van der Waals surface area contributed by atoms with Gasteiger partial charge in [0.25, 0.3) is 17.7 Å². The van der Waals surface area contributed by atoms with Crippen molar-refractivity contribution in [3.05, 3.63) is 66.8 Å². The minimum Gasteiger partial charge on any atom is -0.467 e. The van der Waals surface area contributed by atoms with Crippen LogP contribution in [-0.2, 0) is 30.0 Å². The van der Waals surface area contributed by atoms with E-state index in [0.29, 0.717) is 31.9 Å². The number of nitrogens with one attached hydrogen (secondary N) is 1. The van der Waals surface area contributed by atoms with Crippen LogP contribution in [0.3, 0.4) is 0 Å². The topological polar surface area (TPSA) is 129 Å². The predicted molar refractivity (Wildman–Crippen MR) is 115 cm³/mol. The molecule has 1 aromatic carbocycles. The number of aryl methyl sites for hydroxylation is 1. The molecular weight excluding hydrogens is 406 g/mol. The van der Waals surface area contributed by atoms with Gasteiger partial charge in [-0.3, -0.25) is 33.7 Å². The molecule has 0 aliphatic rings. The number of nitrogens with zero attached hydrogens (tertiary/aromatic N) is 4.